The number of nitro groups is 1. The molecule has 0 aliphatic heterocycles. The number of nitrogens with two attached hydrogens (primary N) is 1. The van der Waals surface area contributed by atoms with E-state index < -0.39 is 4.92 Å². The van der Waals surface area contributed by atoms with Crippen LogP contribution in [0.5, 0.6) is 0 Å². The average Bonchev–Trinajstić information content (AvgIpc) is 2.87. The Morgan fingerprint density at radius 1 is 1.35 bits per heavy atom. The van der Waals surface area contributed by atoms with Crippen LogP contribution in [0.15, 0.2) is 52.8 Å². The molecule has 0 spiro atoms. The van der Waals surface area contributed by atoms with Crippen molar-refractivity contribution in [3.63, 3.8) is 0 Å². The molecular weight excluding hydrogens is 278 g/mol. The van der Waals surface area contributed by atoms with Crippen LogP contribution in [0.2, 0.25) is 0 Å². The molecule has 1 aromatic carbocycles. The Morgan fingerprint density at radius 3 is 2.95 bits per heavy atom. The summed E-state index contributed by atoms with van der Waals surface area (Å²) >= 11 is 1.17. The molecule has 3 rings (SSSR count). The van der Waals surface area contributed by atoms with Gasteiger partial charge in [0.1, 0.15) is 10.8 Å². The SMILES string of the molecule is Nc1cn2ccnc2c(Sc2ccccc2[N+](=O)[O-])n1. The van der Waals surface area contributed by atoms with Crippen LogP contribution in [0.25, 0.3) is 5.65 Å². The summed E-state index contributed by atoms with van der Waals surface area (Å²) in [4.78, 5) is 19.5. The van der Waals surface area contributed by atoms with Crippen molar-refractivity contribution in [1.82, 2.24) is 14.4 Å². The van der Waals surface area contributed by atoms with E-state index in [1.165, 1.54) is 17.8 Å². The van der Waals surface area contributed by atoms with Crippen molar-refractivity contribution in [2.75, 3.05) is 5.73 Å². The zero-order chi connectivity index (χ0) is 14.1. The van der Waals surface area contributed by atoms with Gasteiger partial charge in [0.25, 0.3) is 5.69 Å². The Kier molecular flexibility index (Phi) is 2.99. The lowest BCUT2D eigenvalue weighted by molar-refractivity contribution is -0.387. The third kappa shape index (κ3) is 2.16. The Labute approximate surface area is 117 Å². The van der Waals surface area contributed by atoms with Crippen LogP contribution >= 0.6 is 11.8 Å². The zero-order valence-electron chi connectivity index (χ0n) is 10.1. The first-order chi connectivity index (χ1) is 9.65. The molecule has 0 fully saturated rings. The number of benzene rings is 1. The van der Waals surface area contributed by atoms with Gasteiger partial charge in [0.15, 0.2) is 5.65 Å². The number of hydrogen-bond donors (Lipinski definition) is 1. The second-order valence-corrected chi connectivity index (χ2v) is 4.99. The number of hydrogen-bond acceptors (Lipinski definition) is 6. The van der Waals surface area contributed by atoms with E-state index >= 15 is 0 Å². The molecular formula is C12H9N5O2S. The first-order valence-corrected chi connectivity index (χ1v) is 6.47. The summed E-state index contributed by atoms with van der Waals surface area (Å²) in [7, 11) is 0. The third-order valence-electron chi connectivity index (χ3n) is 2.63. The normalized spacial score (nSPS) is 10.8. The quantitative estimate of drug-likeness (QED) is 0.586. The van der Waals surface area contributed by atoms with Crippen LogP contribution in [0.1, 0.15) is 0 Å². The molecule has 0 aliphatic carbocycles. The first kappa shape index (κ1) is 12.4. The van der Waals surface area contributed by atoms with E-state index in [9.17, 15) is 10.1 Å². The molecule has 0 saturated carbocycles. The van der Waals surface area contributed by atoms with Gasteiger partial charge in [0, 0.05) is 18.5 Å². The molecule has 0 saturated heterocycles. The minimum Gasteiger partial charge on any atom is -0.382 e. The number of fused-ring (bicyclic) bond motifs is 1. The minimum absolute atomic E-state index is 0.0337. The monoisotopic (exact) mass is 287 g/mol. The molecule has 8 heteroatoms. The predicted octanol–water partition coefficient (Wildman–Crippen LogP) is 2.37. The fraction of sp³-hybridized carbons (Fsp3) is 0. The fourth-order valence-electron chi connectivity index (χ4n) is 1.79. The molecule has 0 unspecified atom stereocenters. The van der Waals surface area contributed by atoms with Crippen LogP contribution in [-0.4, -0.2) is 19.3 Å². The smallest absolute Gasteiger partial charge is 0.283 e. The van der Waals surface area contributed by atoms with E-state index in [0.717, 1.165) is 0 Å². The van der Waals surface area contributed by atoms with Gasteiger partial charge >= 0.3 is 0 Å². The van der Waals surface area contributed by atoms with Crippen LogP contribution in [-0.2, 0) is 0 Å². The molecule has 7 nitrogen and oxygen atoms in total. The van der Waals surface area contributed by atoms with Crippen LogP contribution in [0, 0.1) is 10.1 Å². The van der Waals surface area contributed by atoms with Crippen LogP contribution in [0.4, 0.5) is 11.5 Å². The molecule has 2 N–H and O–H groups in total. The van der Waals surface area contributed by atoms with E-state index in [1.807, 2.05) is 0 Å². The van der Waals surface area contributed by atoms with Gasteiger partial charge in [0.2, 0.25) is 0 Å². The third-order valence-corrected chi connectivity index (χ3v) is 3.66. The number of nitrogens with zero attached hydrogens (tertiary/aromatic N) is 4. The number of aromatic nitrogens is 3. The summed E-state index contributed by atoms with van der Waals surface area (Å²) in [5.74, 6) is 0.330. The number of imidazole rings is 1. The highest BCUT2D eigenvalue weighted by Gasteiger charge is 2.16. The van der Waals surface area contributed by atoms with Crippen LogP contribution < -0.4 is 5.73 Å². The molecule has 100 valence electrons. The fourth-order valence-corrected chi connectivity index (χ4v) is 2.79. The molecule has 3 aromatic rings. The van der Waals surface area contributed by atoms with E-state index in [2.05, 4.69) is 9.97 Å². The van der Waals surface area contributed by atoms with Crippen molar-refractivity contribution in [3.05, 3.63) is 53.0 Å². The number of nitro benzene ring substituents is 1. The van der Waals surface area contributed by atoms with Crippen molar-refractivity contribution in [3.8, 4) is 0 Å². The number of rotatable bonds is 3. The molecule has 2 aromatic heterocycles. The summed E-state index contributed by atoms with van der Waals surface area (Å²) in [6, 6.07) is 6.50. The number of nitrogen functional groups attached to an aromatic ring is 1. The van der Waals surface area contributed by atoms with Gasteiger partial charge in [0.05, 0.1) is 16.0 Å². The maximum atomic E-state index is 11.0. The highest BCUT2D eigenvalue weighted by atomic mass is 32.2. The van der Waals surface area contributed by atoms with Gasteiger partial charge < -0.3 is 10.1 Å². The maximum absolute atomic E-state index is 11.0. The van der Waals surface area contributed by atoms with Crippen molar-refractivity contribution in [1.29, 1.82) is 0 Å². The van der Waals surface area contributed by atoms with Gasteiger partial charge in [-0.1, -0.05) is 23.9 Å². The number of anilines is 1. The second-order valence-electron chi connectivity index (χ2n) is 3.96. The molecule has 0 bridgehead atoms. The summed E-state index contributed by atoms with van der Waals surface area (Å²) in [6.45, 7) is 0. The Balaban J connectivity index is 2.10. The lowest BCUT2D eigenvalue weighted by Crippen LogP contribution is -1.98. The van der Waals surface area contributed by atoms with Crippen molar-refractivity contribution >= 4 is 28.9 Å². The van der Waals surface area contributed by atoms with Crippen molar-refractivity contribution in [2.45, 2.75) is 9.92 Å². The molecule has 2 heterocycles. The van der Waals surface area contributed by atoms with Gasteiger partial charge in [-0.3, -0.25) is 10.1 Å². The van der Waals surface area contributed by atoms with Gasteiger partial charge in [-0.25, -0.2) is 9.97 Å². The highest BCUT2D eigenvalue weighted by Crippen LogP contribution is 2.35. The first-order valence-electron chi connectivity index (χ1n) is 5.65. The lowest BCUT2D eigenvalue weighted by atomic mass is 10.3. The zero-order valence-corrected chi connectivity index (χ0v) is 10.9. The Morgan fingerprint density at radius 2 is 2.15 bits per heavy atom. The van der Waals surface area contributed by atoms with Gasteiger partial charge in [-0.15, -0.1) is 0 Å². The van der Waals surface area contributed by atoms with E-state index in [0.29, 0.717) is 21.4 Å². The maximum Gasteiger partial charge on any atom is 0.283 e. The highest BCUT2D eigenvalue weighted by molar-refractivity contribution is 7.99. The molecule has 0 atom stereocenters. The van der Waals surface area contributed by atoms with Gasteiger partial charge in [-0.2, -0.15) is 0 Å². The summed E-state index contributed by atoms with van der Waals surface area (Å²) in [5.41, 5.74) is 6.38. The van der Waals surface area contributed by atoms with Crippen molar-refractivity contribution in [2.24, 2.45) is 0 Å². The summed E-state index contributed by atoms with van der Waals surface area (Å²) < 4.78 is 1.74. The Bertz CT molecular complexity index is 801. The van der Waals surface area contributed by atoms with Crippen LogP contribution in [0.3, 0.4) is 0 Å². The van der Waals surface area contributed by atoms with Gasteiger partial charge in [-0.05, 0) is 6.07 Å². The predicted molar refractivity (Wildman–Crippen MR) is 74.6 cm³/mol. The van der Waals surface area contributed by atoms with E-state index in [-0.39, 0.29) is 5.69 Å². The Hall–Kier alpha value is -2.61. The van der Waals surface area contributed by atoms with Crippen molar-refractivity contribution < 1.29 is 4.92 Å². The lowest BCUT2D eigenvalue weighted by Gasteiger charge is -2.05. The second kappa shape index (κ2) is 4.82. The molecule has 0 radical (unpaired) electrons. The number of para-hydroxylation sites is 1. The summed E-state index contributed by atoms with van der Waals surface area (Å²) in [5, 5.41) is 11.6. The topological polar surface area (TPSA) is 99.3 Å². The standard InChI is InChI=1S/C12H9N5O2S/c13-10-7-16-6-5-14-11(16)12(15-10)20-9-4-2-1-3-8(9)17(18)19/h1-7H,13H2. The summed E-state index contributed by atoms with van der Waals surface area (Å²) in [6.07, 6.45) is 5.02. The molecule has 0 aliphatic rings. The largest absolute Gasteiger partial charge is 0.382 e. The average molecular weight is 287 g/mol. The van der Waals surface area contributed by atoms with E-state index in [1.54, 1.807) is 41.2 Å². The van der Waals surface area contributed by atoms with E-state index in [4.69, 9.17) is 5.73 Å². The minimum atomic E-state index is -0.419. The molecule has 20 heavy (non-hydrogen) atoms. The molecule has 0 amide bonds.